The summed E-state index contributed by atoms with van der Waals surface area (Å²) in [4.78, 5) is 11.6. The van der Waals surface area contributed by atoms with Crippen molar-refractivity contribution in [1.82, 2.24) is 10.6 Å². The van der Waals surface area contributed by atoms with Crippen LogP contribution in [0.1, 0.15) is 45.4 Å². The second kappa shape index (κ2) is 4.51. The number of hydrogen-bond donors (Lipinski definition) is 2. The molecule has 3 rings (SSSR count). The van der Waals surface area contributed by atoms with Crippen LogP contribution in [0.2, 0.25) is 0 Å². The zero-order chi connectivity index (χ0) is 11.8. The van der Waals surface area contributed by atoms with Crippen LogP contribution in [0.3, 0.4) is 0 Å². The SMILES string of the molecule is C[C@@H]1C[C@H]1NC(=O)NCC[C@H]1C[C@H]2CC[C@H]1C2. The molecule has 2 amide bonds. The Morgan fingerprint density at radius 2 is 2.06 bits per heavy atom. The van der Waals surface area contributed by atoms with E-state index in [1.54, 1.807) is 0 Å². The third kappa shape index (κ3) is 2.58. The van der Waals surface area contributed by atoms with Gasteiger partial charge >= 0.3 is 6.03 Å². The predicted octanol–water partition coefficient (Wildman–Crippen LogP) is 2.52. The first-order valence-corrected chi connectivity index (χ1v) is 7.26. The molecule has 0 unspecified atom stereocenters. The number of fused-ring (bicyclic) bond motifs is 2. The van der Waals surface area contributed by atoms with E-state index in [0.717, 1.165) is 30.7 Å². The van der Waals surface area contributed by atoms with Crippen molar-refractivity contribution in [3.63, 3.8) is 0 Å². The minimum Gasteiger partial charge on any atom is -0.338 e. The van der Waals surface area contributed by atoms with Gasteiger partial charge in [0.25, 0.3) is 0 Å². The molecular formula is C14H24N2O. The molecule has 2 bridgehead atoms. The van der Waals surface area contributed by atoms with Crippen LogP contribution in [-0.2, 0) is 0 Å². The number of carbonyl (C=O) groups excluding carboxylic acids is 1. The monoisotopic (exact) mass is 236 g/mol. The Bertz CT molecular complexity index is 305. The molecule has 5 atom stereocenters. The summed E-state index contributed by atoms with van der Waals surface area (Å²) in [6.45, 7) is 3.04. The van der Waals surface area contributed by atoms with Crippen LogP contribution in [0.15, 0.2) is 0 Å². The zero-order valence-corrected chi connectivity index (χ0v) is 10.7. The minimum absolute atomic E-state index is 0.0440. The Balaban J connectivity index is 1.31. The summed E-state index contributed by atoms with van der Waals surface area (Å²) in [7, 11) is 0. The van der Waals surface area contributed by atoms with E-state index in [1.807, 2.05) is 0 Å². The molecule has 3 aliphatic rings. The van der Waals surface area contributed by atoms with Crippen molar-refractivity contribution in [2.45, 2.75) is 51.5 Å². The van der Waals surface area contributed by atoms with E-state index in [-0.39, 0.29) is 6.03 Å². The molecule has 0 aliphatic heterocycles. The van der Waals surface area contributed by atoms with Crippen LogP contribution in [0.5, 0.6) is 0 Å². The third-order valence-electron chi connectivity index (χ3n) is 5.11. The summed E-state index contributed by atoms with van der Waals surface area (Å²) in [6.07, 6.45) is 8.15. The number of nitrogens with one attached hydrogen (secondary N) is 2. The fraction of sp³-hybridized carbons (Fsp3) is 0.929. The molecule has 17 heavy (non-hydrogen) atoms. The van der Waals surface area contributed by atoms with E-state index in [9.17, 15) is 4.79 Å². The zero-order valence-electron chi connectivity index (χ0n) is 10.7. The normalized spacial score (nSPS) is 42.5. The highest BCUT2D eigenvalue weighted by atomic mass is 16.2. The lowest BCUT2D eigenvalue weighted by Crippen LogP contribution is -2.38. The maximum absolute atomic E-state index is 11.6. The van der Waals surface area contributed by atoms with E-state index >= 15 is 0 Å². The van der Waals surface area contributed by atoms with Crippen LogP contribution >= 0.6 is 0 Å². The van der Waals surface area contributed by atoms with Crippen molar-refractivity contribution in [3.8, 4) is 0 Å². The summed E-state index contributed by atoms with van der Waals surface area (Å²) in [5, 5.41) is 6.02. The van der Waals surface area contributed by atoms with Crippen LogP contribution in [0.4, 0.5) is 4.79 Å². The van der Waals surface area contributed by atoms with Gasteiger partial charge in [0.15, 0.2) is 0 Å². The average molecular weight is 236 g/mol. The van der Waals surface area contributed by atoms with Gasteiger partial charge in [-0.1, -0.05) is 13.3 Å². The molecule has 0 saturated heterocycles. The fourth-order valence-corrected chi connectivity index (χ4v) is 3.84. The van der Waals surface area contributed by atoms with E-state index < -0.39 is 0 Å². The predicted molar refractivity (Wildman–Crippen MR) is 67.7 cm³/mol. The van der Waals surface area contributed by atoms with Crippen LogP contribution < -0.4 is 10.6 Å². The first-order valence-electron chi connectivity index (χ1n) is 7.26. The van der Waals surface area contributed by atoms with E-state index in [1.165, 1.54) is 32.1 Å². The van der Waals surface area contributed by atoms with Gasteiger partial charge in [-0.05, 0) is 55.8 Å². The molecule has 0 radical (unpaired) electrons. The Hall–Kier alpha value is -0.730. The summed E-state index contributed by atoms with van der Waals surface area (Å²) < 4.78 is 0. The topological polar surface area (TPSA) is 41.1 Å². The molecule has 0 aromatic rings. The van der Waals surface area contributed by atoms with Crippen molar-refractivity contribution in [2.75, 3.05) is 6.54 Å². The quantitative estimate of drug-likeness (QED) is 0.773. The number of carbonyl (C=O) groups is 1. The van der Waals surface area contributed by atoms with E-state index in [2.05, 4.69) is 17.6 Å². The number of hydrogen-bond acceptors (Lipinski definition) is 1. The van der Waals surface area contributed by atoms with Crippen LogP contribution in [-0.4, -0.2) is 18.6 Å². The molecule has 0 aromatic heterocycles. The van der Waals surface area contributed by atoms with Crippen molar-refractivity contribution in [2.24, 2.45) is 23.7 Å². The van der Waals surface area contributed by atoms with Crippen molar-refractivity contribution in [3.05, 3.63) is 0 Å². The lowest BCUT2D eigenvalue weighted by molar-refractivity contribution is 0.237. The van der Waals surface area contributed by atoms with Gasteiger partial charge in [-0.25, -0.2) is 4.79 Å². The third-order valence-corrected chi connectivity index (χ3v) is 5.11. The first-order chi connectivity index (χ1) is 8.22. The van der Waals surface area contributed by atoms with Crippen molar-refractivity contribution < 1.29 is 4.79 Å². The van der Waals surface area contributed by atoms with Gasteiger partial charge in [-0.3, -0.25) is 0 Å². The summed E-state index contributed by atoms with van der Waals surface area (Å²) in [5.41, 5.74) is 0. The standard InChI is InChI=1S/C14H24N2O/c1-9-6-13(9)16-14(17)15-5-4-12-8-10-2-3-11(12)7-10/h9-13H,2-8H2,1H3,(H2,15,16,17)/t9-,10+,11+,12+,13-/m1/s1. The highest BCUT2D eigenvalue weighted by Gasteiger charge is 2.39. The van der Waals surface area contributed by atoms with Gasteiger partial charge in [0.05, 0.1) is 0 Å². The molecule has 3 saturated carbocycles. The highest BCUT2D eigenvalue weighted by Crippen LogP contribution is 2.49. The Morgan fingerprint density at radius 3 is 2.65 bits per heavy atom. The second-order valence-electron chi connectivity index (χ2n) is 6.44. The average Bonchev–Trinajstić information content (AvgIpc) is 2.75. The Labute approximate surface area is 104 Å². The number of urea groups is 1. The molecule has 0 aromatic carbocycles. The lowest BCUT2D eigenvalue weighted by Gasteiger charge is -2.21. The maximum Gasteiger partial charge on any atom is 0.315 e. The molecule has 3 aliphatic carbocycles. The largest absolute Gasteiger partial charge is 0.338 e. The van der Waals surface area contributed by atoms with Crippen molar-refractivity contribution >= 4 is 6.03 Å². The van der Waals surface area contributed by atoms with Gasteiger partial charge in [0.1, 0.15) is 0 Å². The Kier molecular flexibility index (Phi) is 3.01. The smallest absolute Gasteiger partial charge is 0.315 e. The fourth-order valence-electron chi connectivity index (χ4n) is 3.84. The number of rotatable bonds is 4. The molecule has 3 nitrogen and oxygen atoms in total. The van der Waals surface area contributed by atoms with Crippen LogP contribution in [0.25, 0.3) is 0 Å². The molecule has 0 spiro atoms. The summed E-state index contributed by atoms with van der Waals surface area (Å²) >= 11 is 0. The molecule has 96 valence electrons. The molecule has 3 fully saturated rings. The summed E-state index contributed by atoms with van der Waals surface area (Å²) in [5.74, 6) is 3.58. The van der Waals surface area contributed by atoms with E-state index in [4.69, 9.17) is 0 Å². The second-order valence-corrected chi connectivity index (χ2v) is 6.44. The van der Waals surface area contributed by atoms with Gasteiger partial charge < -0.3 is 10.6 Å². The summed E-state index contributed by atoms with van der Waals surface area (Å²) in [6, 6.07) is 0.486. The van der Waals surface area contributed by atoms with Gasteiger partial charge in [0.2, 0.25) is 0 Å². The highest BCUT2D eigenvalue weighted by molar-refractivity contribution is 5.74. The Morgan fingerprint density at radius 1 is 1.24 bits per heavy atom. The molecule has 0 heterocycles. The van der Waals surface area contributed by atoms with Crippen LogP contribution in [0, 0.1) is 23.7 Å². The molecule has 3 heteroatoms. The van der Waals surface area contributed by atoms with E-state index in [0.29, 0.717) is 12.0 Å². The van der Waals surface area contributed by atoms with Crippen molar-refractivity contribution in [1.29, 1.82) is 0 Å². The molecular weight excluding hydrogens is 212 g/mol. The van der Waals surface area contributed by atoms with Gasteiger partial charge in [0, 0.05) is 12.6 Å². The number of amides is 2. The van der Waals surface area contributed by atoms with Gasteiger partial charge in [-0.15, -0.1) is 0 Å². The lowest BCUT2D eigenvalue weighted by atomic mass is 9.86. The molecule has 2 N–H and O–H groups in total. The first kappa shape index (κ1) is 11.4. The van der Waals surface area contributed by atoms with Gasteiger partial charge in [-0.2, -0.15) is 0 Å². The maximum atomic E-state index is 11.6. The minimum atomic E-state index is 0.0440.